The fourth-order valence-corrected chi connectivity index (χ4v) is 2.75. The molecular weight excluding hydrogens is 231 g/mol. The summed E-state index contributed by atoms with van der Waals surface area (Å²) < 4.78 is 0. The highest BCUT2D eigenvalue weighted by atomic mass is 35.5. The number of hydrogen-bond acceptors (Lipinski definition) is 1. The fourth-order valence-electron chi connectivity index (χ4n) is 2.34. The van der Waals surface area contributed by atoms with E-state index in [1.54, 1.807) is 0 Å². The summed E-state index contributed by atoms with van der Waals surface area (Å²) in [5, 5.41) is -0.378. The lowest BCUT2D eigenvalue weighted by molar-refractivity contribution is -0.115. The molecule has 88 valence electrons. The second kappa shape index (κ2) is 4.63. The molecule has 0 aromatic rings. The van der Waals surface area contributed by atoms with E-state index < -0.39 is 4.87 Å². The summed E-state index contributed by atoms with van der Waals surface area (Å²) in [5.41, 5.74) is 0.355. The second-order valence-electron chi connectivity index (χ2n) is 5.36. The third-order valence-electron chi connectivity index (χ3n) is 4.15. The Bertz CT molecular complexity index is 240. The van der Waals surface area contributed by atoms with Gasteiger partial charge in [-0.05, 0) is 48.6 Å². The number of halogens is 2. The van der Waals surface area contributed by atoms with Gasteiger partial charge in [0.25, 0.3) is 0 Å². The number of carbonyl (C=O) groups excluding carboxylic acids is 1. The molecule has 0 heterocycles. The third-order valence-corrected chi connectivity index (χ3v) is 5.15. The molecule has 0 unspecified atom stereocenters. The van der Waals surface area contributed by atoms with Crippen molar-refractivity contribution >= 4 is 28.4 Å². The molecule has 0 N–H and O–H groups in total. The first-order valence-corrected chi connectivity index (χ1v) is 6.46. The van der Waals surface area contributed by atoms with Crippen LogP contribution in [0.4, 0.5) is 0 Å². The highest BCUT2D eigenvalue weighted by Gasteiger charge is 2.42. The normalized spacial score (nSPS) is 32.7. The molecular formula is C12H20Cl2O. The van der Waals surface area contributed by atoms with Gasteiger partial charge in [-0.15, -0.1) is 11.6 Å². The van der Waals surface area contributed by atoms with Crippen molar-refractivity contribution < 1.29 is 4.79 Å². The summed E-state index contributed by atoms with van der Waals surface area (Å²) in [7, 11) is 0. The van der Waals surface area contributed by atoms with Crippen LogP contribution in [0, 0.1) is 11.3 Å². The van der Waals surface area contributed by atoms with Crippen LogP contribution in [0.25, 0.3) is 0 Å². The summed E-state index contributed by atoms with van der Waals surface area (Å²) in [5.74, 6) is 0.672. The molecule has 0 aromatic carbocycles. The SMILES string of the molecule is CCC(C)(C)C1CCC(Cl)(C(=O)Cl)CC1. The quantitative estimate of drug-likeness (QED) is 0.538. The molecule has 1 aliphatic rings. The predicted molar refractivity (Wildman–Crippen MR) is 65.5 cm³/mol. The molecule has 1 aliphatic carbocycles. The zero-order valence-electron chi connectivity index (χ0n) is 9.78. The molecule has 0 saturated heterocycles. The lowest BCUT2D eigenvalue weighted by Gasteiger charge is -2.40. The van der Waals surface area contributed by atoms with Crippen molar-refractivity contribution in [1.29, 1.82) is 0 Å². The van der Waals surface area contributed by atoms with Crippen LogP contribution in [0.3, 0.4) is 0 Å². The van der Waals surface area contributed by atoms with E-state index in [9.17, 15) is 4.79 Å². The molecule has 0 amide bonds. The molecule has 1 saturated carbocycles. The van der Waals surface area contributed by atoms with Crippen LogP contribution in [0.5, 0.6) is 0 Å². The van der Waals surface area contributed by atoms with Gasteiger partial charge in [0.2, 0.25) is 5.24 Å². The molecule has 0 aromatic heterocycles. The summed E-state index contributed by atoms with van der Waals surface area (Å²) in [6.45, 7) is 6.80. The van der Waals surface area contributed by atoms with Gasteiger partial charge in [0, 0.05) is 0 Å². The first kappa shape index (κ1) is 13.3. The van der Waals surface area contributed by atoms with E-state index in [2.05, 4.69) is 20.8 Å². The van der Waals surface area contributed by atoms with E-state index in [4.69, 9.17) is 23.2 Å². The van der Waals surface area contributed by atoms with Crippen LogP contribution in [0.1, 0.15) is 52.9 Å². The van der Waals surface area contributed by atoms with Crippen molar-refractivity contribution in [3.8, 4) is 0 Å². The van der Waals surface area contributed by atoms with Crippen molar-refractivity contribution in [2.45, 2.75) is 57.7 Å². The monoisotopic (exact) mass is 250 g/mol. The van der Waals surface area contributed by atoms with Crippen LogP contribution in [-0.4, -0.2) is 10.1 Å². The molecule has 0 aliphatic heterocycles. The summed E-state index contributed by atoms with van der Waals surface area (Å²) >= 11 is 11.7. The fraction of sp³-hybridized carbons (Fsp3) is 0.917. The summed E-state index contributed by atoms with van der Waals surface area (Å²) in [6.07, 6.45) is 4.66. The molecule has 3 heteroatoms. The molecule has 15 heavy (non-hydrogen) atoms. The van der Waals surface area contributed by atoms with Crippen molar-refractivity contribution in [2.24, 2.45) is 11.3 Å². The Balaban J connectivity index is 2.60. The standard InChI is InChI=1S/C12H20Cl2O/c1-4-11(2,3)9-5-7-12(14,8-6-9)10(13)15/h9H,4-8H2,1-3H3. The Kier molecular flexibility index (Phi) is 4.11. The molecule has 0 spiro atoms. The van der Waals surface area contributed by atoms with Gasteiger partial charge in [0.1, 0.15) is 4.87 Å². The Morgan fingerprint density at radius 1 is 1.40 bits per heavy atom. The summed E-state index contributed by atoms with van der Waals surface area (Å²) in [6, 6.07) is 0. The van der Waals surface area contributed by atoms with Gasteiger partial charge in [-0.1, -0.05) is 27.2 Å². The first-order chi connectivity index (χ1) is 6.82. The molecule has 1 rings (SSSR count). The Labute approximate surface area is 103 Å². The lowest BCUT2D eigenvalue weighted by Crippen LogP contribution is -2.38. The maximum absolute atomic E-state index is 11.2. The van der Waals surface area contributed by atoms with E-state index >= 15 is 0 Å². The maximum atomic E-state index is 11.2. The molecule has 0 radical (unpaired) electrons. The first-order valence-electron chi connectivity index (χ1n) is 5.71. The van der Waals surface area contributed by atoms with Crippen LogP contribution in [0.15, 0.2) is 0 Å². The van der Waals surface area contributed by atoms with E-state index in [0.717, 1.165) is 25.7 Å². The van der Waals surface area contributed by atoms with E-state index in [1.165, 1.54) is 6.42 Å². The van der Waals surface area contributed by atoms with Gasteiger partial charge in [-0.2, -0.15) is 0 Å². The Morgan fingerprint density at radius 3 is 2.20 bits per heavy atom. The maximum Gasteiger partial charge on any atom is 0.242 e. The summed E-state index contributed by atoms with van der Waals surface area (Å²) in [4.78, 5) is 10.4. The van der Waals surface area contributed by atoms with E-state index in [-0.39, 0.29) is 5.24 Å². The average Bonchev–Trinajstić information content (AvgIpc) is 2.18. The van der Waals surface area contributed by atoms with Crippen molar-refractivity contribution in [3.63, 3.8) is 0 Å². The van der Waals surface area contributed by atoms with Gasteiger partial charge >= 0.3 is 0 Å². The third kappa shape index (κ3) is 2.88. The van der Waals surface area contributed by atoms with Crippen LogP contribution < -0.4 is 0 Å². The average molecular weight is 251 g/mol. The molecule has 0 atom stereocenters. The van der Waals surface area contributed by atoms with Crippen LogP contribution in [0.2, 0.25) is 0 Å². The number of hydrogen-bond donors (Lipinski definition) is 0. The zero-order chi connectivity index (χ0) is 11.7. The van der Waals surface area contributed by atoms with Gasteiger partial charge in [0.05, 0.1) is 0 Å². The number of alkyl halides is 1. The number of rotatable bonds is 3. The van der Waals surface area contributed by atoms with Crippen molar-refractivity contribution in [1.82, 2.24) is 0 Å². The molecule has 1 fully saturated rings. The minimum Gasteiger partial charge on any atom is -0.279 e. The lowest BCUT2D eigenvalue weighted by atomic mass is 9.67. The van der Waals surface area contributed by atoms with Crippen molar-refractivity contribution in [3.05, 3.63) is 0 Å². The minimum atomic E-state index is -0.776. The van der Waals surface area contributed by atoms with Gasteiger partial charge < -0.3 is 0 Å². The second-order valence-corrected chi connectivity index (χ2v) is 6.42. The van der Waals surface area contributed by atoms with E-state index in [0.29, 0.717) is 11.3 Å². The van der Waals surface area contributed by atoms with Gasteiger partial charge in [-0.3, -0.25) is 4.79 Å². The minimum absolute atomic E-state index is 0.355. The highest BCUT2D eigenvalue weighted by Crippen LogP contribution is 2.46. The molecule has 1 nitrogen and oxygen atoms in total. The van der Waals surface area contributed by atoms with Crippen LogP contribution in [-0.2, 0) is 4.79 Å². The zero-order valence-corrected chi connectivity index (χ0v) is 11.3. The van der Waals surface area contributed by atoms with E-state index in [1.807, 2.05) is 0 Å². The topological polar surface area (TPSA) is 17.1 Å². The highest BCUT2D eigenvalue weighted by molar-refractivity contribution is 6.70. The Hall–Kier alpha value is 0.250. The molecule has 0 bridgehead atoms. The Morgan fingerprint density at radius 2 is 1.87 bits per heavy atom. The van der Waals surface area contributed by atoms with Crippen molar-refractivity contribution in [2.75, 3.05) is 0 Å². The number of carbonyl (C=O) groups is 1. The van der Waals surface area contributed by atoms with Gasteiger partial charge in [-0.25, -0.2) is 0 Å². The largest absolute Gasteiger partial charge is 0.279 e. The van der Waals surface area contributed by atoms with Crippen LogP contribution >= 0.6 is 23.2 Å². The van der Waals surface area contributed by atoms with Gasteiger partial charge in [0.15, 0.2) is 0 Å². The predicted octanol–water partition coefficient (Wildman–Crippen LogP) is 4.36. The smallest absolute Gasteiger partial charge is 0.242 e.